The molecule has 0 amide bonds. The number of hydrogen-bond acceptors (Lipinski definition) is 8. The van der Waals surface area contributed by atoms with Gasteiger partial charge in [0.25, 0.3) is 0 Å². The summed E-state index contributed by atoms with van der Waals surface area (Å²) >= 11 is 4.08. The average Bonchev–Trinajstić information content (AvgIpc) is 2.94. The maximum Gasteiger partial charge on any atom is 0.167 e. The summed E-state index contributed by atoms with van der Waals surface area (Å²) in [6.07, 6.45) is -0.628. The first kappa shape index (κ1) is 12.6. The van der Waals surface area contributed by atoms with Crippen molar-refractivity contribution in [1.82, 2.24) is 19.5 Å². The lowest BCUT2D eigenvalue weighted by molar-refractivity contribution is -0.0288. The molecule has 0 aromatic carbocycles. The van der Waals surface area contributed by atoms with Crippen LogP contribution in [0.1, 0.15) is 6.23 Å². The summed E-state index contributed by atoms with van der Waals surface area (Å²) < 4.78 is 7.11. The standard InChI is InChI=1S/C10H13N5O3S/c11-8-5-9(13-2-12-8)15(3-14-5)10-7(17)6(16)4(1-19)18-10/h2-4,6-7,10,16-17,19H,1H2,(H2,11,12,13)/t4-,6-,7-,10?/m1/s1. The number of aromatic nitrogens is 4. The van der Waals surface area contributed by atoms with Crippen LogP contribution in [-0.4, -0.2) is 53.8 Å². The van der Waals surface area contributed by atoms with Crippen molar-refractivity contribution in [1.29, 1.82) is 0 Å². The first-order valence-electron chi connectivity index (χ1n) is 5.69. The molecule has 3 heterocycles. The molecule has 0 aliphatic carbocycles. The van der Waals surface area contributed by atoms with Crippen molar-refractivity contribution >= 4 is 29.6 Å². The minimum Gasteiger partial charge on any atom is -0.387 e. The van der Waals surface area contributed by atoms with Gasteiger partial charge in [0.1, 0.15) is 24.1 Å². The summed E-state index contributed by atoms with van der Waals surface area (Å²) in [5.74, 6) is 0.556. The number of nitrogens with two attached hydrogens (primary N) is 1. The third kappa shape index (κ3) is 1.86. The molecule has 0 spiro atoms. The van der Waals surface area contributed by atoms with Crippen molar-refractivity contribution in [2.75, 3.05) is 11.5 Å². The summed E-state index contributed by atoms with van der Waals surface area (Å²) in [5.41, 5.74) is 6.57. The molecule has 8 nitrogen and oxygen atoms in total. The highest BCUT2D eigenvalue weighted by Gasteiger charge is 2.43. The molecule has 0 saturated carbocycles. The van der Waals surface area contributed by atoms with Crippen LogP contribution in [0.5, 0.6) is 0 Å². The van der Waals surface area contributed by atoms with Crippen molar-refractivity contribution in [3.05, 3.63) is 12.7 Å². The van der Waals surface area contributed by atoms with Gasteiger partial charge in [0.15, 0.2) is 17.7 Å². The van der Waals surface area contributed by atoms with E-state index in [9.17, 15) is 10.2 Å². The second-order valence-electron chi connectivity index (χ2n) is 4.31. The number of aliphatic hydroxyl groups is 2. The monoisotopic (exact) mass is 283 g/mol. The van der Waals surface area contributed by atoms with Gasteiger partial charge in [-0.3, -0.25) is 4.57 Å². The van der Waals surface area contributed by atoms with E-state index in [-0.39, 0.29) is 5.82 Å². The Kier molecular flexibility index (Phi) is 3.05. The second kappa shape index (κ2) is 4.60. The lowest BCUT2D eigenvalue weighted by Crippen LogP contribution is -2.32. The Morgan fingerprint density at radius 3 is 2.79 bits per heavy atom. The highest BCUT2D eigenvalue weighted by molar-refractivity contribution is 7.80. The molecule has 1 fully saturated rings. The van der Waals surface area contributed by atoms with E-state index in [2.05, 4.69) is 27.6 Å². The molecule has 19 heavy (non-hydrogen) atoms. The smallest absolute Gasteiger partial charge is 0.167 e. The van der Waals surface area contributed by atoms with Crippen molar-refractivity contribution < 1.29 is 14.9 Å². The Bertz CT molecular complexity index is 606. The van der Waals surface area contributed by atoms with Gasteiger partial charge in [0, 0.05) is 5.75 Å². The Labute approximate surface area is 113 Å². The van der Waals surface area contributed by atoms with Crippen molar-refractivity contribution in [3.63, 3.8) is 0 Å². The number of ether oxygens (including phenoxy) is 1. The molecule has 1 aliphatic rings. The number of anilines is 1. The van der Waals surface area contributed by atoms with Gasteiger partial charge in [-0.15, -0.1) is 0 Å². The number of rotatable bonds is 2. The third-order valence-electron chi connectivity index (χ3n) is 3.18. The predicted octanol–water partition coefficient (Wildman–Crippen LogP) is -1.04. The topological polar surface area (TPSA) is 119 Å². The van der Waals surface area contributed by atoms with Crippen molar-refractivity contribution in [2.45, 2.75) is 24.5 Å². The maximum atomic E-state index is 10.0. The van der Waals surface area contributed by atoms with E-state index in [0.29, 0.717) is 16.9 Å². The molecular weight excluding hydrogens is 270 g/mol. The summed E-state index contributed by atoms with van der Waals surface area (Å²) in [6, 6.07) is 0. The average molecular weight is 283 g/mol. The van der Waals surface area contributed by atoms with E-state index >= 15 is 0 Å². The van der Waals surface area contributed by atoms with E-state index in [0.717, 1.165) is 0 Å². The van der Waals surface area contributed by atoms with Gasteiger partial charge >= 0.3 is 0 Å². The molecule has 1 saturated heterocycles. The maximum absolute atomic E-state index is 10.0. The number of nitrogens with zero attached hydrogens (tertiary/aromatic N) is 4. The number of nitrogen functional groups attached to an aromatic ring is 1. The van der Waals surface area contributed by atoms with Crippen molar-refractivity contribution in [2.24, 2.45) is 0 Å². The Hall–Kier alpha value is -1.42. The van der Waals surface area contributed by atoms with Crippen LogP contribution in [-0.2, 0) is 4.74 Å². The van der Waals surface area contributed by atoms with Gasteiger partial charge in [0.05, 0.1) is 12.4 Å². The first-order valence-corrected chi connectivity index (χ1v) is 6.32. The lowest BCUT2D eigenvalue weighted by atomic mass is 10.1. The quantitative estimate of drug-likeness (QED) is 0.520. The molecule has 102 valence electrons. The molecular formula is C10H13N5O3S. The zero-order valence-corrected chi connectivity index (χ0v) is 10.7. The fourth-order valence-electron chi connectivity index (χ4n) is 2.17. The van der Waals surface area contributed by atoms with E-state index < -0.39 is 24.5 Å². The zero-order chi connectivity index (χ0) is 13.6. The molecule has 4 N–H and O–H groups in total. The Morgan fingerprint density at radius 1 is 1.32 bits per heavy atom. The van der Waals surface area contributed by atoms with Crippen LogP contribution in [0, 0.1) is 0 Å². The van der Waals surface area contributed by atoms with E-state index in [4.69, 9.17) is 10.5 Å². The number of fused-ring (bicyclic) bond motifs is 1. The molecule has 1 unspecified atom stereocenters. The molecule has 0 radical (unpaired) electrons. The molecule has 9 heteroatoms. The first-order chi connectivity index (χ1) is 9.13. The van der Waals surface area contributed by atoms with Gasteiger partial charge in [0.2, 0.25) is 0 Å². The minimum atomic E-state index is -1.08. The lowest BCUT2D eigenvalue weighted by Gasteiger charge is -2.16. The van der Waals surface area contributed by atoms with Gasteiger partial charge < -0.3 is 20.7 Å². The normalized spacial score (nSPS) is 31.1. The van der Waals surface area contributed by atoms with E-state index in [1.54, 1.807) is 0 Å². The SMILES string of the molecule is Nc1ncnc2c1ncn2C1O[C@H](CS)[C@@H](O)[C@H]1O. The number of aliphatic hydroxyl groups excluding tert-OH is 2. The molecule has 0 bridgehead atoms. The van der Waals surface area contributed by atoms with Crippen LogP contribution >= 0.6 is 12.6 Å². The van der Waals surface area contributed by atoms with Crippen LogP contribution in [0.3, 0.4) is 0 Å². The van der Waals surface area contributed by atoms with Crippen LogP contribution in [0.4, 0.5) is 5.82 Å². The van der Waals surface area contributed by atoms with Gasteiger partial charge in [-0.05, 0) is 0 Å². The fourth-order valence-corrected chi connectivity index (χ4v) is 2.47. The van der Waals surface area contributed by atoms with Crippen LogP contribution in [0.25, 0.3) is 11.2 Å². The molecule has 2 aromatic rings. The molecule has 1 aliphatic heterocycles. The van der Waals surface area contributed by atoms with Crippen molar-refractivity contribution in [3.8, 4) is 0 Å². The van der Waals surface area contributed by atoms with Crippen LogP contribution < -0.4 is 5.73 Å². The largest absolute Gasteiger partial charge is 0.387 e. The highest BCUT2D eigenvalue weighted by Crippen LogP contribution is 2.32. The summed E-state index contributed by atoms with van der Waals surface area (Å²) in [6.45, 7) is 0. The summed E-state index contributed by atoms with van der Waals surface area (Å²) in [4.78, 5) is 12.0. The third-order valence-corrected chi connectivity index (χ3v) is 3.54. The van der Waals surface area contributed by atoms with Gasteiger partial charge in [-0.1, -0.05) is 0 Å². The zero-order valence-electron chi connectivity index (χ0n) is 9.79. The highest BCUT2D eigenvalue weighted by atomic mass is 32.1. The van der Waals surface area contributed by atoms with Crippen LogP contribution in [0.15, 0.2) is 12.7 Å². The van der Waals surface area contributed by atoms with E-state index in [1.807, 2.05) is 0 Å². The fraction of sp³-hybridized carbons (Fsp3) is 0.500. The van der Waals surface area contributed by atoms with E-state index in [1.165, 1.54) is 17.2 Å². The molecule has 2 aromatic heterocycles. The van der Waals surface area contributed by atoms with Crippen LogP contribution in [0.2, 0.25) is 0 Å². The number of thiol groups is 1. The predicted molar refractivity (Wildman–Crippen MR) is 69.5 cm³/mol. The second-order valence-corrected chi connectivity index (χ2v) is 4.68. The Balaban J connectivity index is 2.04. The van der Waals surface area contributed by atoms with Gasteiger partial charge in [-0.25, -0.2) is 15.0 Å². The molecule has 4 atom stereocenters. The Morgan fingerprint density at radius 2 is 2.11 bits per heavy atom. The summed E-state index contributed by atoms with van der Waals surface area (Å²) in [7, 11) is 0. The summed E-state index contributed by atoms with van der Waals surface area (Å²) in [5, 5.41) is 19.9. The van der Waals surface area contributed by atoms with Gasteiger partial charge in [-0.2, -0.15) is 12.6 Å². The number of hydrogen-bond donors (Lipinski definition) is 4. The number of imidazole rings is 1. The molecule has 3 rings (SSSR count). The minimum absolute atomic E-state index is 0.252.